The third-order valence-electron chi connectivity index (χ3n) is 6.01. The molecule has 1 aliphatic heterocycles. The maximum Gasteiger partial charge on any atom is 0.414 e. The van der Waals surface area contributed by atoms with Crippen LogP contribution in [-0.2, 0) is 0 Å². The van der Waals surface area contributed by atoms with Crippen molar-refractivity contribution in [3.63, 3.8) is 0 Å². The summed E-state index contributed by atoms with van der Waals surface area (Å²) >= 11 is 0. The Kier molecular flexibility index (Phi) is 6.73. The van der Waals surface area contributed by atoms with Crippen molar-refractivity contribution in [2.75, 3.05) is 23.7 Å². The summed E-state index contributed by atoms with van der Waals surface area (Å²) in [5, 5.41) is 9.43. The van der Waals surface area contributed by atoms with Crippen molar-refractivity contribution in [3.8, 4) is 0 Å². The first-order valence-corrected chi connectivity index (χ1v) is 10.2. The number of aliphatic hydroxyl groups is 1. The number of aliphatic hydroxyl groups excluding tert-OH is 1. The van der Waals surface area contributed by atoms with Crippen LogP contribution in [0, 0.1) is 0 Å². The molecule has 0 aromatic heterocycles. The molecular formula is C23H29F3N2O. The summed E-state index contributed by atoms with van der Waals surface area (Å²) in [6.45, 7) is 3.62. The molecule has 3 N–H and O–H groups in total. The molecule has 3 rings (SSSR count). The molecule has 1 heterocycles. The zero-order valence-electron chi connectivity index (χ0n) is 16.7. The highest BCUT2D eigenvalue weighted by atomic mass is 19.4. The van der Waals surface area contributed by atoms with Gasteiger partial charge in [-0.1, -0.05) is 43.3 Å². The fraction of sp³-hybridized carbons (Fsp3) is 0.478. The van der Waals surface area contributed by atoms with Gasteiger partial charge >= 0.3 is 6.18 Å². The highest BCUT2D eigenvalue weighted by Crippen LogP contribution is 2.36. The van der Waals surface area contributed by atoms with E-state index in [4.69, 9.17) is 5.73 Å². The molecule has 0 aliphatic carbocycles. The lowest BCUT2D eigenvalue weighted by atomic mass is 9.88. The quantitative estimate of drug-likeness (QED) is 0.627. The Hall–Kier alpha value is -2.21. The molecule has 0 amide bonds. The van der Waals surface area contributed by atoms with Crippen LogP contribution in [0.1, 0.15) is 55.6 Å². The van der Waals surface area contributed by atoms with E-state index in [0.29, 0.717) is 18.0 Å². The Balaban J connectivity index is 1.66. The summed E-state index contributed by atoms with van der Waals surface area (Å²) < 4.78 is 38.2. The van der Waals surface area contributed by atoms with E-state index in [2.05, 4.69) is 29.2 Å². The molecule has 1 aliphatic rings. The van der Waals surface area contributed by atoms with E-state index >= 15 is 0 Å². The van der Waals surface area contributed by atoms with Gasteiger partial charge in [-0.05, 0) is 60.8 Å². The van der Waals surface area contributed by atoms with Gasteiger partial charge in [0.2, 0.25) is 0 Å². The van der Waals surface area contributed by atoms with Gasteiger partial charge in [0, 0.05) is 13.1 Å². The van der Waals surface area contributed by atoms with Crippen molar-refractivity contribution < 1.29 is 18.3 Å². The van der Waals surface area contributed by atoms with Crippen LogP contribution in [0.5, 0.6) is 0 Å². The van der Waals surface area contributed by atoms with Crippen LogP contribution in [0.15, 0.2) is 48.5 Å². The minimum atomic E-state index is -4.60. The highest BCUT2D eigenvalue weighted by Gasteiger charge is 2.39. The minimum Gasteiger partial charge on any atom is -0.397 e. The number of nitrogen functional groups attached to an aromatic ring is 1. The number of nitrogens with two attached hydrogens (primary N) is 1. The zero-order valence-corrected chi connectivity index (χ0v) is 16.7. The Labute approximate surface area is 170 Å². The number of rotatable bonds is 6. The standard InChI is InChI=1S/C23H29F3N2O/c1-2-16(15-22(29)23(24,25)26)19-8-9-21(20(27)14-19)28-12-10-18(11-13-28)17-6-4-3-5-7-17/h3-9,14,16,18,22,29H,2,10-13,15,27H2,1H3. The molecule has 0 saturated carbocycles. The van der Waals surface area contributed by atoms with Gasteiger partial charge in [-0.2, -0.15) is 13.2 Å². The Bertz CT molecular complexity index is 786. The Morgan fingerprint density at radius 1 is 1.10 bits per heavy atom. The zero-order chi connectivity index (χ0) is 21.0. The van der Waals surface area contributed by atoms with Crippen LogP contribution in [0.3, 0.4) is 0 Å². The van der Waals surface area contributed by atoms with Crippen LogP contribution in [0.25, 0.3) is 0 Å². The van der Waals surface area contributed by atoms with Gasteiger partial charge in [0.15, 0.2) is 0 Å². The molecular weight excluding hydrogens is 377 g/mol. The van der Waals surface area contributed by atoms with Gasteiger partial charge in [-0.15, -0.1) is 0 Å². The third kappa shape index (κ3) is 5.24. The normalized spacial score (nSPS) is 17.9. The summed E-state index contributed by atoms with van der Waals surface area (Å²) in [4.78, 5) is 2.25. The van der Waals surface area contributed by atoms with Crippen molar-refractivity contribution in [3.05, 3.63) is 59.7 Å². The predicted octanol–water partition coefficient (Wildman–Crippen LogP) is 5.46. The number of piperidine rings is 1. The van der Waals surface area contributed by atoms with Gasteiger partial charge in [0.25, 0.3) is 0 Å². The van der Waals surface area contributed by atoms with E-state index < -0.39 is 12.3 Å². The first kappa shape index (κ1) is 21.5. The monoisotopic (exact) mass is 406 g/mol. The van der Waals surface area contributed by atoms with Gasteiger partial charge < -0.3 is 15.7 Å². The lowest BCUT2D eigenvalue weighted by molar-refractivity contribution is -0.206. The number of nitrogens with zero attached hydrogens (tertiary/aromatic N) is 1. The van der Waals surface area contributed by atoms with Crippen molar-refractivity contribution >= 4 is 11.4 Å². The number of halogens is 3. The van der Waals surface area contributed by atoms with E-state index in [-0.39, 0.29) is 12.3 Å². The molecule has 2 aromatic carbocycles. The van der Waals surface area contributed by atoms with E-state index in [0.717, 1.165) is 37.2 Å². The number of hydrogen-bond acceptors (Lipinski definition) is 3. The number of alkyl halides is 3. The summed E-state index contributed by atoms with van der Waals surface area (Å²) in [5.74, 6) is 0.160. The van der Waals surface area contributed by atoms with Crippen LogP contribution in [-0.4, -0.2) is 30.5 Å². The maximum absolute atomic E-state index is 12.7. The van der Waals surface area contributed by atoms with Crippen LogP contribution < -0.4 is 10.6 Å². The molecule has 0 spiro atoms. The summed E-state index contributed by atoms with van der Waals surface area (Å²) in [6.07, 6.45) is -4.66. The van der Waals surface area contributed by atoms with E-state index in [1.807, 2.05) is 25.1 Å². The average molecular weight is 406 g/mol. The molecule has 2 atom stereocenters. The first-order chi connectivity index (χ1) is 13.8. The van der Waals surface area contributed by atoms with E-state index in [1.165, 1.54) is 5.56 Å². The fourth-order valence-electron chi connectivity index (χ4n) is 4.24. The smallest absolute Gasteiger partial charge is 0.397 e. The van der Waals surface area contributed by atoms with Crippen molar-refractivity contribution in [1.29, 1.82) is 0 Å². The molecule has 2 unspecified atom stereocenters. The molecule has 2 aromatic rings. The minimum absolute atomic E-state index is 0.346. The number of benzene rings is 2. The van der Waals surface area contributed by atoms with Crippen molar-refractivity contribution in [1.82, 2.24) is 0 Å². The van der Waals surface area contributed by atoms with Crippen molar-refractivity contribution in [2.24, 2.45) is 0 Å². The molecule has 6 heteroatoms. The van der Waals surface area contributed by atoms with Crippen LogP contribution in [0.2, 0.25) is 0 Å². The SMILES string of the molecule is CCC(CC(O)C(F)(F)F)c1ccc(N2CCC(c3ccccc3)CC2)c(N)c1. The molecule has 158 valence electrons. The first-order valence-electron chi connectivity index (χ1n) is 10.2. The summed E-state index contributed by atoms with van der Waals surface area (Å²) in [6, 6.07) is 16.0. The topological polar surface area (TPSA) is 49.5 Å². The molecule has 1 saturated heterocycles. The molecule has 29 heavy (non-hydrogen) atoms. The lowest BCUT2D eigenvalue weighted by Gasteiger charge is -2.35. The molecule has 0 radical (unpaired) electrons. The van der Waals surface area contributed by atoms with Gasteiger partial charge in [0.1, 0.15) is 6.10 Å². The summed E-state index contributed by atoms with van der Waals surface area (Å²) in [5.41, 5.74) is 9.91. The fourth-order valence-corrected chi connectivity index (χ4v) is 4.24. The Morgan fingerprint density at radius 3 is 2.31 bits per heavy atom. The van der Waals surface area contributed by atoms with Crippen molar-refractivity contribution in [2.45, 2.75) is 56.7 Å². The molecule has 0 bridgehead atoms. The van der Waals surface area contributed by atoms with Gasteiger partial charge in [-0.3, -0.25) is 0 Å². The predicted molar refractivity (Wildman–Crippen MR) is 111 cm³/mol. The number of hydrogen-bond donors (Lipinski definition) is 2. The molecule has 1 fully saturated rings. The largest absolute Gasteiger partial charge is 0.414 e. The van der Waals surface area contributed by atoms with Crippen LogP contribution >= 0.6 is 0 Å². The van der Waals surface area contributed by atoms with E-state index in [9.17, 15) is 18.3 Å². The second-order valence-corrected chi connectivity index (χ2v) is 7.89. The highest BCUT2D eigenvalue weighted by molar-refractivity contribution is 5.69. The van der Waals surface area contributed by atoms with Crippen LogP contribution in [0.4, 0.5) is 24.5 Å². The van der Waals surface area contributed by atoms with Gasteiger partial charge in [0.05, 0.1) is 11.4 Å². The lowest BCUT2D eigenvalue weighted by Crippen LogP contribution is -2.33. The van der Waals surface area contributed by atoms with Gasteiger partial charge in [-0.25, -0.2) is 0 Å². The maximum atomic E-state index is 12.7. The van der Waals surface area contributed by atoms with E-state index in [1.54, 1.807) is 6.07 Å². The molecule has 3 nitrogen and oxygen atoms in total. The second kappa shape index (κ2) is 9.08. The average Bonchev–Trinajstić information content (AvgIpc) is 2.72. The summed E-state index contributed by atoms with van der Waals surface area (Å²) in [7, 11) is 0. The number of anilines is 2. The second-order valence-electron chi connectivity index (χ2n) is 7.89. The Morgan fingerprint density at radius 2 is 1.76 bits per heavy atom. The third-order valence-corrected chi connectivity index (χ3v) is 6.01.